The summed E-state index contributed by atoms with van der Waals surface area (Å²) >= 11 is 9.16. The number of carbonyl (C=O) groups excluding carboxylic acids is 1. The average molecular weight is 330 g/mol. The van der Waals surface area contributed by atoms with Crippen LogP contribution in [0.1, 0.15) is 6.42 Å². The molecule has 1 aromatic carbocycles. The van der Waals surface area contributed by atoms with Crippen LogP contribution < -0.4 is 5.32 Å². The number of aryl methyl sites for hydroxylation is 1. The third kappa shape index (κ3) is 3.54. The number of carbonyl (C=O) groups is 1. The van der Waals surface area contributed by atoms with Crippen LogP contribution >= 0.6 is 27.5 Å². The van der Waals surface area contributed by atoms with Crippen LogP contribution in [0.2, 0.25) is 5.02 Å². The van der Waals surface area contributed by atoms with Crippen LogP contribution in [0, 0.1) is 0 Å². The van der Waals surface area contributed by atoms with Crippen molar-refractivity contribution in [3.05, 3.63) is 40.3 Å². The van der Waals surface area contributed by atoms with Crippen LogP contribution in [-0.4, -0.2) is 20.7 Å². The molecule has 94 valence electrons. The molecule has 5 nitrogen and oxygen atoms in total. The predicted octanol–water partition coefficient (Wildman–Crippen LogP) is 2.72. The van der Waals surface area contributed by atoms with Crippen molar-refractivity contribution in [3.8, 4) is 0 Å². The quantitative estimate of drug-likeness (QED) is 0.938. The van der Waals surface area contributed by atoms with Gasteiger partial charge in [-0.3, -0.25) is 9.48 Å². The summed E-state index contributed by atoms with van der Waals surface area (Å²) in [5, 5.41) is 7.33. The van der Waals surface area contributed by atoms with Gasteiger partial charge in [-0.05, 0) is 34.1 Å². The lowest BCUT2D eigenvalue weighted by Crippen LogP contribution is -2.15. The lowest BCUT2D eigenvalue weighted by Gasteiger charge is -2.07. The zero-order valence-electron chi connectivity index (χ0n) is 9.31. The van der Waals surface area contributed by atoms with Gasteiger partial charge in [0.15, 0.2) is 0 Å². The van der Waals surface area contributed by atoms with Crippen molar-refractivity contribution in [2.24, 2.45) is 0 Å². The van der Waals surface area contributed by atoms with Crippen molar-refractivity contribution >= 4 is 39.1 Å². The molecule has 0 aliphatic carbocycles. The zero-order valence-corrected chi connectivity index (χ0v) is 11.6. The molecular weight excluding hydrogens is 320 g/mol. The second-order valence-corrected chi connectivity index (χ2v) is 4.87. The fourth-order valence-electron chi connectivity index (χ4n) is 1.37. The molecule has 1 heterocycles. The second kappa shape index (κ2) is 5.97. The van der Waals surface area contributed by atoms with Crippen LogP contribution in [0.4, 0.5) is 5.69 Å². The third-order valence-electron chi connectivity index (χ3n) is 2.24. The van der Waals surface area contributed by atoms with Crippen molar-refractivity contribution in [3.63, 3.8) is 0 Å². The lowest BCUT2D eigenvalue weighted by atomic mass is 10.3. The maximum Gasteiger partial charge on any atom is 0.226 e. The second-order valence-electron chi connectivity index (χ2n) is 3.58. The predicted molar refractivity (Wildman–Crippen MR) is 72.4 cm³/mol. The van der Waals surface area contributed by atoms with E-state index >= 15 is 0 Å². The number of benzene rings is 1. The van der Waals surface area contributed by atoms with Crippen LogP contribution in [0.5, 0.6) is 0 Å². The first-order valence-corrected chi connectivity index (χ1v) is 6.39. The molecule has 1 aromatic heterocycles. The van der Waals surface area contributed by atoms with Crippen LogP contribution in [0.3, 0.4) is 0 Å². The van der Waals surface area contributed by atoms with Crippen LogP contribution in [-0.2, 0) is 11.3 Å². The first-order chi connectivity index (χ1) is 8.65. The molecule has 2 aromatic rings. The Hall–Kier alpha value is -1.40. The smallest absolute Gasteiger partial charge is 0.226 e. The van der Waals surface area contributed by atoms with E-state index in [1.807, 2.05) is 0 Å². The first kappa shape index (κ1) is 13.0. The number of anilines is 1. The maximum absolute atomic E-state index is 11.7. The van der Waals surface area contributed by atoms with Gasteiger partial charge in [0.25, 0.3) is 0 Å². The van der Waals surface area contributed by atoms with E-state index in [0.717, 1.165) is 4.47 Å². The molecule has 0 saturated heterocycles. The molecule has 2 rings (SSSR count). The van der Waals surface area contributed by atoms with Gasteiger partial charge in [0, 0.05) is 15.9 Å². The monoisotopic (exact) mass is 328 g/mol. The van der Waals surface area contributed by atoms with E-state index < -0.39 is 0 Å². The molecule has 0 atom stereocenters. The van der Waals surface area contributed by atoms with Crippen molar-refractivity contribution in [2.45, 2.75) is 13.0 Å². The topological polar surface area (TPSA) is 59.8 Å². The van der Waals surface area contributed by atoms with E-state index in [-0.39, 0.29) is 5.91 Å². The van der Waals surface area contributed by atoms with Gasteiger partial charge in [-0.15, -0.1) is 0 Å². The van der Waals surface area contributed by atoms with E-state index in [4.69, 9.17) is 11.6 Å². The molecule has 0 aliphatic rings. The third-order valence-corrected chi connectivity index (χ3v) is 3.13. The lowest BCUT2D eigenvalue weighted by molar-refractivity contribution is -0.116. The van der Waals surface area contributed by atoms with Gasteiger partial charge in [-0.25, -0.2) is 4.98 Å². The van der Waals surface area contributed by atoms with Crippen LogP contribution in [0.15, 0.2) is 35.3 Å². The number of rotatable bonds is 4. The van der Waals surface area contributed by atoms with Gasteiger partial charge >= 0.3 is 0 Å². The molecule has 18 heavy (non-hydrogen) atoms. The normalized spacial score (nSPS) is 10.3. The molecule has 0 spiro atoms. The Morgan fingerprint density at radius 1 is 1.50 bits per heavy atom. The molecule has 7 heteroatoms. The molecule has 1 amide bonds. The van der Waals surface area contributed by atoms with E-state index in [0.29, 0.717) is 23.7 Å². The maximum atomic E-state index is 11.7. The van der Waals surface area contributed by atoms with Gasteiger partial charge in [0.2, 0.25) is 5.91 Å². The van der Waals surface area contributed by atoms with Gasteiger partial charge in [-0.2, -0.15) is 5.10 Å². The molecule has 1 N–H and O–H groups in total. The summed E-state index contributed by atoms with van der Waals surface area (Å²) in [6.07, 6.45) is 3.34. The van der Waals surface area contributed by atoms with Gasteiger partial charge < -0.3 is 5.32 Å². The fourth-order valence-corrected chi connectivity index (χ4v) is 2.15. The number of nitrogens with zero attached hydrogens (tertiary/aromatic N) is 3. The number of halogens is 2. The van der Waals surface area contributed by atoms with Crippen LogP contribution in [0.25, 0.3) is 0 Å². The van der Waals surface area contributed by atoms with E-state index in [1.54, 1.807) is 29.2 Å². The molecule has 0 fully saturated rings. The fraction of sp³-hybridized carbons (Fsp3) is 0.182. The summed E-state index contributed by atoms with van der Waals surface area (Å²) in [5.74, 6) is -0.0893. The highest BCUT2D eigenvalue weighted by atomic mass is 79.9. The number of hydrogen-bond donors (Lipinski definition) is 1. The largest absolute Gasteiger partial charge is 0.325 e. The Labute approximate surface area is 117 Å². The minimum absolute atomic E-state index is 0.0893. The summed E-state index contributed by atoms with van der Waals surface area (Å²) in [6.45, 7) is 0.497. The van der Waals surface area contributed by atoms with Gasteiger partial charge in [0.1, 0.15) is 12.7 Å². The molecule has 0 radical (unpaired) electrons. The highest BCUT2D eigenvalue weighted by Crippen LogP contribution is 2.25. The van der Waals surface area contributed by atoms with Crippen molar-refractivity contribution in [2.75, 3.05) is 5.32 Å². The van der Waals surface area contributed by atoms with Gasteiger partial charge in [-0.1, -0.05) is 11.6 Å². The van der Waals surface area contributed by atoms with E-state index in [1.165, 1.54) is 6.33 Å². The summed E-state index contributed by atoms with van der Waals surface area (Å²) in [5.41, 5.74) is 0.697. The zero-order chi connectivity index (χ0) is 13.0. The number of nitrogens with one attached hydrogen (secondary N) is 1. The number of amides is 1. The summed E-state index contributed by atoms with van der Waals surface area (Å²) in [7, 11) is 0. The molecule has 0 saturated carbocycles. The minimum atomic E-state index is -0.0893. The molecular formula is C11H10BrClN4O. The van der Waals surface area contributed by atoms with Gasteiger partial charge in [0.05, 0.1) is 12.2 Å². The van der Waals surface area contributed by atoms with Crippen molar-refractivity contribution in [1.82, 2.24) is 14.8 Å². The average Bonchev–Trinajstić information content (AvgIpc) is 2.83. The first-order valence-electron chi connectivity index (χ1n) is 5.22. The number of aromatic nitrogens is 3. The van der Waals surface area contributed by atoms with E-state index in [9.17, 15) is 4.79 Å². The Bertz CT molecular complexity index is 544. The highest BCUT2D eigenvalue weighted by Gasteiger charge is 2.06. The Morgan fingerprint density at radius 3 is 3.00 bits per heavy atom. The molecule has 0 bridgehead atoms. The Kier molecular flexibility index (Phi) is 4.33. The van der Waals surface area contributed by atoms with Crippen molar-refractivity contribution < 1.29 is 4.79 Å². The van der Waals surface area contributed by atoms with E-state index in [2.05, 4.69) is 31.3 Å². The van der Waals surface area contributed by atoms with Crippen molar-refractivity contribution in [1.29, 1.82) is 0 Å². The number of hydrogen-bond acceptors (Lipinski definition) is 3. The Morgan fingerprint density at radius 2 is 2.33 bits per heavy atom. The minimum Gasteiger partial charge on any atom is -0.325 e. The highest BCUT2D eigenvalue weighted by molar-refractivity contribution is 9.10. The SMILES string of the molecule is O=C(CCn1cncn1)Nc1ccc(Cl)cc1Br. The summed E-state index contributed by atoms with van der Waals surface area (Å²) in [4.78, 5) is 15.5. The summed E-state index contributed by atoms with van der Waals surface area (Å²) in [6, 6.07) is 5.20. The Balaban J connectivity index is 1.91. The standard InChI is InChI=1S/C11H10BrClN4O/c12-9-5-8(13)1-2-10(9)16-11(18)3-4-17-7-14-6-15-17/h1-2,5-7H,3-4H2,(H,16,18). The summed E-state index contributed by atoms with van der Waals surface area (Å²) < 4.78 is 2.36. The molecule has 0 unspecified atom stereocenters. The molecule has 0 aliphatic heterocycles.